The Hall–Kier alpha value is -3.59. The molecule has 3 heterocycles. The Labute approximate surface area is 210 Å². The fraction of sp³-hybridized carbons (Fsp3) is 0.360. The Balaban J connectivity index is 1.26. The van der Waals surface area contributed by atoms with Gasteiger partial charge >= 0.3 is 0 Å². The van der Waals surface area contributed by atoms with Crippen molar-refractivity contribution in [3.8, 4) is 5.75 Å². The second-order valence-corrected chi connectivity index (χ2v) is 9.63. The van der Waals surface area contributed by atoms with Crippen LogP contribution < -0.4 is 10.1 Å². The minimum Gasteiger partial charge on any atom is -0.489 e. The molecule has 0 radical (unpaired) electrons. The molecule has 0 bridgehead atoms. The number of amides is 4. The fourth-order valence-corrected chi connectivity index (χ4v) is 5.01. The minimum absolute atomic E-state index is 0.00339. The first kappa shape index (κ1) is 24.1. The predicted molar refractivity (Wildman–Crippen MR) is 135 cm³/mol. The summed E-state index contributed by atoms with van der Waals surface area (Å²) >= 11 is 0. The summed E-state index contributed by atoms with van der Waals surface area (Å²) in [5, 5.41) is 2.40. The van der Waals surface area contributed by atoms with Crippen molar-refractivity contribution in [2.75, 3.05) is 19.8 Å². The normalized spacial score (nSPS) is 24.1. The minimum atomic E-state index is -0.712. The molecule has 0 saturated carbocycles. The van der Waals surface area contributed by atoms with E-state index in [0.717, 1.165) is 16.7 Å². The van der Waals surface area contributed by atoms with Crippen molar-refractivity contribution < 1.29 is 28.7 Å². The first-order chi connectivity index (χ1) is 17.3. The Morgan fingerprint density at radius 1 is 1.00 bits per heavy atom. The Bertz CT molecular complexity index is 1220. The van der Waals surface area contributed by atoms with Gasteiger partial charge in [0.25, 0.3) is 5.91 Å². The highest BCUT2D eigenvalue weighted by atomic mass is 16.5. The van der Waals surface area contributed by atoms with Crippen molar-refractivity contribution >= 4 is 39.3 Å². The van der Waals surface area contributed by atoms with Crippen molar-refractivity contribution in [1.82, 2.24) is 15.1 Å². The first-order valence-electron chi connectivity index (χ1n) is 12.2. The lowest BCUT2D eigenvalue weighted by molar-refractivity contribution is -0.143. The average molecular weight is 487 g/mol. The number of fused-ring (bicyclic) bond motifs is 1. The number of nitrogens with one attached hydrogen (secondary N) is 1. The van der Waals surface area contributed by atoms with Gasteiger partial charge in [-0.25, -0.2) is 0 Å². The second kappa shape index (κ2) is 9.81. The van der Waals surface area contributed by atoms with E-state index in [-0.39, 0.29) is 42.5 Å². The number of imide groups is 1. The van der Waals surface area contributed by atoms with Gasteiger partial charge in [-0.3, -0.25) is 24.5 Å². The first-order valence-corrected chi connectivity index (χ1v) is 12.2. The van der Waals surface area contributed by atoms with Crippen molar-refractivity contribution in [2.24, 2.45) is 0 Å². The van der Waals surface area contributed by atoms with E-state index < -0.39 is 11.9 Å². The van der Waals surface area contributed by atoms with Crippen molar-refractivity contribution in [3.63, 3.8) is 0 Å². The van der Waals surface area contributed by atoms with Crippen molar-refractivity contribution in [1.29, 1.82) is 0 Å². The number of benzene rings is 2. The van der Waals surface area contributed by atoms with Crippen LogP contribution >= 0.6 is 0 Å². The van der Waals surface area contributed by atoms with Gasteiger partial charge in [-0.2, -0.15) is 0 Å². The number of carbonyl (C=O) groups is 4. The van der Waals surface area contributed by atoms with E-state index in [4.69, 9.17) is 9.47 Å². The van der Waals surface area contributed by atoms with Crippen LogP contribution in [0.4, 0.5) is 0 Å². The molecule has 2 aromatic carbocycles. The van der Waals surface area contributed by atoms with Crippen LogP contribution in [0.25, 0.3) is 0 Å². The van der Waals surface area contributed by atoms with Crippen molar-refractivity contribution in [2.45, 2.75) is 37.4 Å². The van der Waals surface area contributed by atoms with Crippen LogP contribution in [0.1, 0.15) is 27.0 Å². The standard InChI is InChI=1S/C25H27B2N3O6/c26-20-21(27)23(32)28-24(33)22(20)30-11-17-16(25(30)34)2-1-3-18(17)36-12-15-6-4-14(5-7-15)10-29-8-9-35-13-19(29)31/h1-7,20-22H,8-13,26-27H2,(H,28,32,33). The van der Waals surface area contributed by atoms with Gasteiger partial charge in [-0.1, -0.05) is 30.3 Å². The maximum absolute atomic E-state index is 13.2. The molecule has 9 nitrogen and oxygen atoms in total. The van der Waals surface area contributed by atoms with Crippen LogP contribution in [0.2, 0.25) is 11.6 Å². The van der Waals surface area contributed by atoms with Gasteiger partial charge in [0.15, 0.2) is 0 Å². The van der Waals surface area contributed by atoms with Gasteiger partial charge in [0.1, 0.15) is 40.7 Å². The molecule has 0 aromatic heterocycles. The summed E-state index contributed by atoms with van der Waals surface area (Å²) in [4.78, 5) is 53.1. The van der Waals surface area contributed by atoms with E-state index in [1.54, 1.807) is 29.8 Å². The number of piperidine rings is 1. The molecular formula is C25H27B2N3O6. The number of nitrogens with zero attached hydrogens (tertiary/aromatic N) is 2. The van der Waals surface area contributed by atoms with Crippen LogP contribution in [0.5, 0.6) is 5.75 Å². The summed E-state index contributed by atoms with van der Waals surface area (Å²) in [6.45, 7) is 2.39. The van der Waals surface area contributed by atoms with Crippen LogP contribution in [0, 0.1) is 0 Å². The number of ether oxygens (including phenoxy) is 2. The zero-order valence-electron chi connectivity index (χ0n) is 20.4. The predicted octanol–water partition coefficient (Wildman–Crippen LogP) is -0.552. The van der Waals surface area contributed by atoms with Gasteiger partial charge in [0, 0.05) is 30.0 Å². The smallest absolute Gasteiger partial charge is 0.255 e. The maximum atomic E-state index is 13.2. The molecule has 3 aliphatic rings. The van der Waals surface area contributed by atoms with Gasteiger partial charge in [0.05, 0.1) is 13.2 Å². The lowest BCUT2D eigenvalue weighted by Gasteiger charge is -2.38. The van der Waals surface area contributed by atoms with Gasteiger partial charge in [-0.05, 0) is 29.1 Å². The molecule has 36 heavy (non-hydrogen) atoms. The summed E-state index contributed by atoms with van der Waals surface area (Å²) in [6.07, 6.45) is 0. The number of hydrogen-bond acceptors (Lipinski definition) is 6. The monoisotopic (exact) mass is 487 g/mol. The molecule has 3 unspecified atom stereocenters. The quantitative estimate of drug-likeness (QED) is 0.434. The molecule has 184 valence electrons. The number of rotatable bonds is 6. The second-order valence-electron chi connectivity index (χ2n) is 9.63. The molecule has 1 N–H and O–H groups in total. The number of morpholine rings is 1. The SMILES string of the molecule is BC1C(=O)NC(=O)C(N2Cc3c(OCc4ccc(CN5CCOCC5=O)cc4)cccc3C2=O)C1B. The molecule has 0 aliphatic carbocycles. The topological polar surface area (TPSA) is 105 Å². The molecule has 3 aliphatic heterocycles. The van der Waals surface area contributed by atoms with Crippen LogP contribution in [0.15, 0.2) is 42.5 Å². The van der Waals surface area contributed by atoms with E-state index in [2.05, 4.69) is 5.32 Å². The highest BCUT2D eigenvalue weighted by molar-refractivity contribution is 6.34. The zero-order chi connectivity index (χ0) is 25.4. The van der Waals surface area contributed by atoms with E-state index in [1.807, 2.05) is 38.2 Å². The Morgan fingerprint density at radius 2 is 1.75 bits per heavy atom. The lowest BCUT2D eigenvalue weighted by Crippen LogP contribution is -2.57. The van der Waals surface area contributed by atoms with Crippen LogP contribution in [0.3, 0.4) is 0 Å². The molecule has 3 atom stereocenters. The molecule has 2 saturated heterocycles. The Kier molecular flexibility index (Phi) is 6.57. The van der Waals surface area contributed by atoms with E-state index in [9.17, 15) is 19.2 Å². The molecule has 4 amide bonds. The van der Waals surface area contributed by atoms with Gasteiger partial charge in [-0.15, -0.1) is 0 Å². The third-order valence-corrected chi connectivity index (χ3v) is 7.38. The van der Waals surface area contributed by atoms with E-state index in [0.29, 0.717) is 37.6 Å². The number of carbonyl (C=O) groups excluding carboxylic acids is 4. The van der Waals surface area contributed by atoms with Gasteiger partial charge < -0.3 is 19.3 Å². The summed E-state index contributed by atoms with van der Waals surface area (Å²) in [5.41, 5.74) is 3.25. The van der Waals surface area contributed by atoms with E-state index >= 15 is 0 Å². The molecule has 2 fully saturated rings. The largest absolute Gasteiger partial charge is 0.489 e. The van der Waals surface area contributed by atoms with E-state index in [1.165, 1.54) is 0 Å². The van der Waals surface area contributed by atoms with Gasteiger partial charge in [0.2, 0.25) is 17.7 Å². The molecule has 0 spiro atoms. The van der Waals surface area contributed by atoms with Crippen LogP contribution in [-0.2, 0) is 38.8 Å². The average Bonchev–Trinajstić information content (AvgIpc) is 3.20. The summed E-state index contributed by atoms with van der Waals surface area (Å²) in [5.74, 6) is -1.04. The van der Waals surface area contributed by atoms with Crippen molar-refractivity contribution in [3.05, 3.63) is 64.7 Å². The number of hydrogen-bond donors (Lipinski definition) is 1. The fourth-order valence-electron chi connectivity index (χ4n) is 5.01. The lowest BCUT2D eigenvalue weighted by atomic mass is 9.60. The maximum Gasteiger partial charge on any atom is 0.255 e. The molecule has 5 rings (SSSR count). The third kappa shape index (κ3) is 4.51. The molecule has 11 heteroatoms. The molecule has 2 aromatic rings. The van der Waals surface area contributed by atoms with Crippen LogP contribution in [-0.4, -0.2) is 74.9 Å². The summed E-state index contributed by atoms with van der Waals surface area (Å²) in [6, 6.07) is 12.5. The summed E-state index contributed by atoms with van der Waals surface area (Å²) < 4.78 is 11.3. The highest BCUT2D eigenvalue weighted by Gasteiger charge is 2.46. The summed E-state index contributed by atoms with van der Waals surface area (Å²) in [7, 11) is 3.60. The zero-order valence-corrected chi connectivity index (χ0v) is 20.4. The third-order valence-electron chi connectivity index (χ3n) is 7.38. The highest BCUT2D eigenvalue weighted by Crippen LogP contribution is 2.38. The molecular weight excluding hydrogens is 460 g/mol. The Morgan fingerprint density at radius 3 is 2.50 bits per heavy atom.